The van der Waals surface area contributed by atoms with Crippen molar-refractivity contribution in [3.63, 3.8) is 0 Å². The van der Waals surface area contributed by atoms with E-state index < -0.39 is 0 Å². The Morgan fingerprint density at radius 1 is 1.38 bits per heavy atom. The van der Waals surface area contributed by atoms with E-state index in [0.29, 0.717) is 11.6 Å². The van der Waals surface area contributed by atoms with E-state index in [2.05, 4.69) is 25.3 Å². The van der Waals surface area contributed by atoms with Gasteiger partial charge in [-0.25, -0.2) is 0 Å². The molecule has 2 N–H and O–H groups in total. The zero-order valence-corrected chi connectivity index (χ0v) is 12.7. The molecule has 1 aromatic heterocycles. The van der Waals surface area contributed by atoms with Crippen molar-refractivity contribution in [1.82, 2.24) is 20.4 Å². The number of carbonyl (C=O) groups excluding carboxylic acids is 1. The molecule has 0 bridgehead atoms. The molecule has 1 fully saturated rings. The van der Waals surface area contributed by atoms with Crippen molar-refractivity contribution in [2.75, 3.05) is 44.7 Å². The van der Waals surface area contributed by atoms with Crippen molar-refractivity contribution >= 4 is 34.1 Å². The van der Waals surface area contributed by atoms with E-state index in [0.717, 1.165) is 42.8 Å². The van der Waals surface area contributed by atoms with Crippen LogP contribution < -0.4 is 10.2 Å². The fourth-order valence-corrected chi connectivity index (χ4v) is 2.90. The van der Waals surface area contributed by atoms with Gasteiger partial charge < -0.3 is 10.2 Å². The van der Waals surface area contributed by atoms with Gasteiger partial charge in [-0.1, -0.05) is 11.6 Å². The van der Waals surface area contributed by atoms with Crippen LogP contribution in [0.2, 0.25) is 5.02 Å². The third kappa shape index (κ3) is 2.96. The Balaban J connectivity index is 1.74. The molecular weight excluding hydrogens is 290 g/mol. The summed E-state index contributed by atoms with van der Waals surface area (Å²) in [4.78, 5) is 15.9. The molecule has 1 amide bonds. The summed E-state index contributed by atoms with van der Waals surface area (Å²) in [7, 11) is 1.67. The zero-order valence-electron chi connectivity index (χ0n) is 11.9. The second-order valence-corrected chi connectivity index (χ2v) is 5.63. The molecule has 2 aromatic rings. The van der Waals surface area contributed by atoms with Crippen LogP contribution in [0.1, 0.15) is 0 Å². The number of amides is 1. The first-order valence-electron chi connectivity index (χ1n) is 6.98. The van der Waals surface area contributed by atoms with Gasteiger partial charge in [-0.15, -0.1) is 0 Å². The Bertz CT molecular complexity index is 648. The molecule has 0 atom stereocenters. The highest BCUT2D eigenvalue weighted by molar-refractivity contribution is 6.31. The van der Waals surface area contributed by atoms with E-state index >= 15 is 0 Å². The summed E-state index contributed by atoms with van der Waals surface area (Å²) < 4.78 is 0. The van der Waals surface area contributed by atoms with Crippen molar-refractivity contribution in [1.29, 1.82) is 0 Å². The lowest BCUT2D eigenvalue weighted by Gasteiger charge is -2.36. The van der Waals surface area contributed by atoms with Crippen LogP contribution in [0.3, 0.4) is 0 Å². The van der Waals surface area contributed by atoms with Crippen molar-refractivity contribution in [2.24, 2.45) is 0 Å². The third-order valence-electron chi connectivity index (χ3n) is 3.86. The molecule has 0 unspecified atom stereocenters. The number of benzene rings is 1. The maximum absolute atomic E-state index is 11.4. The SMILES string of the molecule is CNC(=O)CN1CCN(c2cc(Cl)cc3[nH]ncc23)CC1. The molecule has 2 heterocycles. The topological polar surface area (TPSA) is 64.3 Å². The van der Waals surface area contributed by atoms with Crippen molar-refractivity contribution in [3.05, 3.63) is 23.4 Å². The summed E-state index contributed by atoms with van der Waals surface area (Å²) in [5.41, 5.74) is 2.05. The summed E-state index contributed by atoms with van der Waals surface area (Å²) in [6.07, 6.45) is 1.83. The zero-order chi connectivity index (χ0) is 14.8. The van der Waals surface area contributed by atoms with Crippen LogP contribution in [0.25, 0.3) is 10.9 Å². The summed E-state index contributed by atoms with van der Waals surface area (Å²) in [5, 5.41) is 11.5. The van der Waals surface area contributed by atoms with Gasteiger partial charge in [0, 0.05) is 49.3 Å². The highest BCUT2D eigenvalue weighted by Gasteiger charge is 2.20. The van der Waals surface area contributed by atoms with Gasteiger partial charge in [-0.2, -0.15) is 5.10 Å². The maximum atomic E-state index is 11.4. The second kappa shape index (κ2) is 5.91. The largest absolute Gasteiger partial charge is 0.368 e. The molecule has 1 aromatic carbocycles. The third-order valence-corrected chi connectivity index (χ3v) is 4.08. The molecule has 112 valence electrons. The van der Waals surface area contributed by atoms with Crippen LogP contribution in [0.15, 0.2) is 18.3 Å². The highest BCUT2D eigenvalue weighted by atomic mass is 35.5. The number of hydrogen-bond acceptors (Lipinski definition) is 4. The Kier molecular flexibility index (Phi) is 3.98. The molecule has 1 saturated heterocycles. The van der Waals surface area contributed by atoms with Crippen LogP contribution in [0.4, 0.5) is 5.69 Å². The van der Waals surface area contributed by atoms with E-state index in [1.807, 2.05) is 18.3 Å². The van der Waals surface area contributed by atoms with Gasteiger partial charge in [0.2, 0.25) is 5.91 Å². The van der Waals surface area contributed by atoms with Crippen LogP contribution in [0.5, 0.6) is 0 Å². The molecule has 3 rings (SSSR count). The van der Waals surface area contributed by atoms with E-state index in [9.17, 15) is 4.79 Å². The number of H-pyrrole nitrogens is 1. The van der Waals surface area contributed by atoms with Gasteiger partial charge in [0.05, 0.1) is 18.3 Å². The number of carbonyl (C=O) groups is 1. The summed E-state index contributed by atoms with van der Waals surface area (Å²) in [6.45, 7) is 3.93. The highest BCUT2D eigenvalue weighted by Crippen LogP contribution is 2.30. The molecule has 7 heteroatoms. The molecule has 6 nitrogen and oxygen atoms in total. The van der Waals surface area contributed by atoms with Gasteiger partial charge in [0.1, 0.15) is 0 Å². The lowest BCUT2D eigenvalue weighted by atomic mass is 10.2. The van der Waals surface area contributed by atoms with E-state index in [4.69, 9.17) is 11.6 Å². The number of likely N-dealkylation sites (N-methyl/N-ethyl adjacent to an activating group) is 1. The molecule has 1 aliphatic rings. The van der Waals surface area contributed by atoms with Crippen LogP contribution in [0, 0.1) is 0 Å². The first-order valence-corrected chi connectivity index (χ1v) is 7.35. The molecule has 0 saturated carbocycles. The number of halogens is 1. The quantitative estimate of drug-likeness (QED) is 0.891. The number of piperazine rings is 1. The minimum absolute atomic E-state index is 0.0587. The van der Waals surface area contributed by atoms with Gasteiger partial charge in [0.25, 0.3) is 0 Å². The minimum atomic E-state index is 0.0587. The number of anilines is 1. The summed E-state index contributed by atoms with van der Waals surface area (Å²) in [6, 6.07) is 3.86. The molecular formula is C14H18ClN5O. The van der Waals surface area contributed by atoms with Gasteiger partial charge in [0.15, 0.2) is 0 Å². The van der Waals surface area contributed by atoms with Gasteiger partial charge >= 0.3 is 0 Å². The maximum Gasteiger partial charge on any atom is 0.233 e. The number of nitrogens with one attached hydrogen (secondary N) is 2. The summed E-state index contributed by atoms with van der Waals surface area (Å²) >= 11 is 6.18. The van der Waals surface area contributed by atoms with Crippen LogP contribution >= 0.6 is 11.6 Å². The first kappa shape index (κ1) is 14.2. The number of aromatic nitrogens is 2. The molecule has 1 aliphatic heterocycles. The smallest absolute Gasteiger partial charge is 0.233 e. The Morgan fingerprint density at radius 3 is 2.86 bits per heavy atom. The number of fused-ring (bicyclic) bond motifs is 1. The lowest BCUT2D eigenvalue weighted by molar-refractivity contribution is -0.121. The fraction of sp³-hybridized carbons (Fsp3) is 0.429. The summed E-state index contributed by atoms with van der Waals surface area (Å²) in [5.74, 6) is 0.0587. The first-order chi connectivity index (χ1) is 10.2. The van der Waals surface area contributed by atoms with E-state index in [1.165, 1.54) is 0 Å². The molecule has 21 heavy (non-hydrogen) atoms. The predicted octanol–water partition coefficient (Wildman–Crippen LogP) is 1.08. The predicted molar refractivity (Wildman–Crippen MR) is 83.8 cm³/mol. The number of hydrogen-bond donors (Lipinski definition) is 2. The standard InChI is InChI=1S/C14H18ClN5O/c1-16-14(21)9-19-2-4-20(5-3-19)13-7-10(15)6-12-11(13)8-17-18-12/h6-8H,2-5,9H2,1H3,(H,16,21)(H,17,18). The lowest BCUT2D eigenvalue weighted by Crippen LogP contribution is -2.49. The van der Waals surface area contributed by atoms with Crippen LogP contribution in [-0.4, -0.2) is 60.8 Å². The van der Waals surface area contributed by atoms with E-state index in [-0.39, 0.29) is 5.91 Å². The number of nitrogens with zero attached hydrogens (tertiary/aromatic N) is 3. The Morgan fingerprint density at radius 2 is 2.14 bits per heavy atom. The number of aromatic amines is 1. The molecule has 0 spiro atoms. The fourth-order valence-electron chi connectivity index (χ4n) is 2.69. The van der Waals surface area contributed by atoms with Crippen molar-refractivity contribution in [3.8, 4) is 0 Å². The van der Waals surface area contributed by atoms with Gasteiger partial charge in [-0.3, -0.25) is 14.8 Å². The second-order valence-electron chi connectivity index (χ2n) is 5.19. The number of rotatable bonds is 3. The van der Waals surface area contributed by atoms with Crippen molar-refractivity contribution < 1.29 is 4.79 Å². The minimum Gasteiger partial charge on any atom is -0.368 e. The monoisotopic (exact) mass is 307 g/mol. The average molecular weight is 308 g/mol. The normalized spacial score (nSPS) is 16.4. The van der Waals surface area contributed by atoms with E-state index in [1.54, 1.807) is 7.05 Å². The van der Waals surface area contributed by atoms with Crippen molar-refractivity contribution in [2.45, 2.75) is 0 Å². The molecule has 0 aliphatic carbocycles. The average Bonchev–Trinajstić information content (AvgIpc) is 2.95. The van der Waals surface area contributed by atoms with Crippen LogP contribution in [-0.2, 0) is 4.79 Å². The molecule has 0 radical (unpaired) electrons. The van der Waals surface area contributed by atoms with Gasteiger partial charge in [-0.05, 0) is 12.1 Å². The Labute approximate surface area is 128 Å². The Hall–Kier alpha value is -1.79.